The number of hydrogen-bond donors (Lipinski definition) is 1. The molecular weight excluding hydrogens is 314 g/mol. The molecule has 1 aromatic rings. The highest BCUT2D eigenvalue weighted by atomic mass is 32.2. The summed E-state index contributed by atoms with van der Waals surface area (Å²) in [6, 6.07) is 2.81. The maximum absolute atomic E-state index is 10.6. The van der Waals surface area contributed by atoms with Crippen LogP contribution in [0.3, 0.4) is 0 Å². The lowest BCUT2D eigenvalue weighted by atomic mass is 10.2. The minimum atomic E-state index is -0.591. The summed E-state index contributed by atoms with van der Waals surface area (Å²) in [5.74, 6) is 0.0472. The molecule has 0 aliphatic heterocycles. The second-order valence-corrected chi connectivity index (χ2v) is 5.13. The summed E-state index contributed by atoms with van der Waals surface area (Å²) in [4.78, 5) is 9.97. The molecule has 0 aliphatic rings. The minimum Gasteiger partial charge on any atom is -0.401 e. The van der Waals surface area contributed by atoms with Gasteiger partial charge in [-0.05, 0) is 25.3 Å². The lowest BCUT2D eigenvalue weighted by Gasteiger charge is -2.02. The Morgan fingerprint density at radius 3 is 3.00 bits per heavy atom. The molecule has 1 N–H and O–H groups in total. The van der Waals surface area contributed by atoms with Gasteiger partial charge < -0.3 is 9.15 Å². The summed E-state index contributed by atoms with van der Waals surface area (Å²) in [6.07, 6.45) is 4.99. The predicted octanol–water partition coefficient (Wildman–Crippen LogP) is 2.83. The molecule has 0 unspecified atom stereocenters. The molecule has 0 bridgehead atoms. The maximum atomic E-state index is 10.6. The van der Waals surface area contributed by atoms with Crippen LogP contribution in [0.25, 0.3) is 6.08 Å². The maximum Gasteiger partial charge on any atom is 0.433 e. The fraction of sp³-hybridized carbons (Fsp3) is 0.333. The topological polar surface area (TPSA) is 89.9 Å². The van der Waals surface area contributed by atoms with E-state index in [0.29, 0.717) is 28.9 Å². The zero-order chi connectivity index (χ0) is 15.7. The third-order valence-corrected chi connectivity index (χ3v) is 3.22. The van der Waals surface area contributed by atoms with Crippen molar-refractivity contribution in [1.82, 2.24) is 5.43 Å². The number of thiocarbonyl (C=S) groups is 1. The van der Waals surface area contributed by atoms with Gasteiger partial charge in [0, 0.05) is 12.2 Å². The first-order chi connectivity index (χ1) is 10.1. The summed E-state index contributed by atoms with van der Waals surface area (Å²) in [7, 11) is 0. The third-order valence-electron chi connectivity index (χ3n) is 2.16. The molecule has 0 fully saturated rings. The van der Waals surface area contributed by atoms with Crippen molar-refractivity contribution in [3.8, 4) is 0 Å². The summed E-state index contributed by atoms with van der Waals surface area (Å²) in [5.41, 5.74) is 3.37. The van der Waals surface area contributed by atoms with E-state index in [2.05, 4.69) is 10.5 Å². The van der Waals surface area contributed by atoms with Crippen LogP contribution in [0.2, 0.25) is 0 Å². The second-order valence-electron chi connectivity index (χ2n) is 3.65. The molecule has 0 radical (unpaired) electrons. The fourth-order valence-electron chi connectivity index (χ4n) is 1.25. The first-order valence-electron chi connectivity index (χ1n) is 5.96. The molecule has 0 saturated heterocycles. The van der Waals surface area contributed by atoms with Crippen molar-refractivity contribution in [1.29, 1.82) is 0 Å². The van der Waals surface area contributed by atoms with Gasteiger partial charge in [-0.3, -0.25) is 15.5 Å². The van der Waals surface area contributed by atoms with Gasteiger partial charge in [-0.25, -0.2) is 0 Å². The number of thioether (sulfide) groups is 1. The van der Waals surface area contributed by atoms with E-state index in [-0.39, 0.29) is 5.88 Å². The summed E-state index contributed by atoms with van der Waals surface area (Å²) < 4.78 is 10.9. The van der Waals surface area contributed by atoms with Crippen LogP contribution in [-0.4, -0.2) is 34.9 Å². The monoisotopic (exact) mass is 329 g/mol. The number of furan rings is 1. The molecule has 1 aromatic heterocycles. The van der Waals surface area contributed by atoms with Crippen LogP contribution in [-0.2, 0) is 4.74 Å². The van der Waals surface area contributed by atoms with E-state index < -0.39 is 4.92 Å². The van der Waals surface area contributed by atoms with Gasteiger partial charge >= 0.3 is 5.88 Å². The first-order valence-corrected chi connectivity index (χ1v) is 7.59. The number of rotatable bonds is 7. The summed E-state index contributed by atoms with van der Waals surface area (Å²) in [5, 5.41) is 14.5. The molecule has 0 amide bonds. The molecule has 114 valence electrons. The zero-order valence-corrected chi connectivity index (χ0v) is 13.2. The number of nitrogens with zero attached hydrogens (tertiary/aromatic N) is 2. The van der Waals surface area contributed by atoms with Gasteiger partial charge in [-0.15, -0.1) is 0 Å². The van der Waals surface area contributed by atoms with Crippen LogP contribution in [0, 0.1) is 10.1 Å². The van der Waals surface area contributed by atoms with Crippen LogP contribution in [0.1, 0.15) is 12.7 Å². The van der Waals surface area contributed by atoms with Crippen LogP contribution in [0.4, 0.5) is 5.88 Å². The lowest BCUT2D eigenvalue weighted by Crippen LogP contribution is -2.11. The van der Waals surface area contributed by atoms with Crippen molar-refractivity contribution in [3.05, 3.63) is 33.6 Å². The van der Waals surface area contributed by atoms with Gasteiger partial charge in [0.15, 0.2) is 4.32 Å². The quantitative estimate of drug-likeness (QED) is 0.356. The van der Waals surface area contributed by atoms with Crippen molar-refractivity contribution in [3.63, 3.8) is 0 Å². The van der Waals surface area contributed by atoms with Crippen LogP contribution in [0.15, 0.2) is 27.2 Å². The highest BCUT2D eigenvalue weighted by molar-refractivity contribution is 8.22. The molecule has 21 heavy (non-hydrogen) atoms. The third kappa shape index (κ3) is 6.52. The van der Waals surface area contributed by atoms with Gasteiger partial charge in [-0.2, -0.15) is 5.10 Å². The van der Waals surface area contributed by atoms with E-state index in [4.69, 9.17) is 21.4 Å². The first kappa shape index (κ1) is 17.3. The van der Waals surface area contributed by atoms with Crippen molar-refractivity contribution in [2.24, 2.45) is 5.10 Å². The Balaban J connectivity index is 2.81. The molecule has 0 aromatic carbocycles. The highest BCUT2D eigenvalue weighted by Gasteiger charge is 2.10. The largest absolute Gasteiger partial charge is 0.433 e. The van der Waals surface area contributed by atoms with E-state index in [1.807, 2.05) is 13.2 Å². The Morgan fingerprint density at radius 2 is 2.43 bits per heavy atom. The molecule has 0 saturated carbocycles. The molecule has 7 nitrogen and oxygen atoms in total. The molecule has 0 atom stereocenters. The normalized spacial score (nSPS) is 11.8. The second kappa shape index (κ2) is 9.27. The van der Waals surface area contributed by atoms with Crippen LogP contribution >= 0.6 is 24.0 Å². The fourth-order valence-corrected chi connectivity index (χ4v) is 1.45. The van der Waals surface area contributed by atoms with Crippen molar-refractivity contribution in [2.75, 3.05) is 19.5 Å². The molecule has 9 heteroatoms. The molecule has 0 aliphatic carbocycles. The van der Waals surface area contributed by atoms with Gasteiger partial charge in [0.25, 0.3) is 0 Å². The Bertz CT molecular complexity index is 554. The number of hydrogen-bond acceptors (Lipinski definition) is 7. The van der Waals surface area contributed by atoms with Crippen molar-refractivity contribution < 1.29 is 14.1 Å². The lowest BCUT2D eigenvalue weighted by molar-refractivity contribution is -0.402. The van der Waals surface area contributed by atoms with E-state index in [0.717, 1.165) is 0 Å². The SMILES string of the molecule is CCOCC(=C\c1ccc([N+](=O)[O-])o1)/C=N/NC(=S)SC. The van der Waals surface area contributed by atoms with E-state index >= 15 is 0 Å². The van der Waals surface area contributed by atoms with E-state index in [1.54, 1.807) is 6.08 Å². The van der Waals surface area contributed by atoms with Crippen LogP contribution < -0.4 is 5.43 Å². The van der Waals surface area contributed by atoms with Gasteiger partial charge in [0.1, 0.15) is 10.7 Å². The Kier molecular flexibility index (Phi) is 7.65. The Morgan fingerprint density at radius 1 is 1.67 bits per heavy atom. The zero-order valence-electron chi connectivity index (χ0n) is 11.6. The number of nitrogens with one attached hydrogen (secondary N) is 1. The average Bonchev–Trinajstić information content (AvgIpc) is 2.93. The van der Waals surface area contributed by atoms with Crippen molar-refractivity contribution >= 4 is 46.5 Å². The van der Waals surface area contributed by atoms with Crippen LogP contribution in [0.5, 0.6) is 0 Å². The minimum absolute atomic E-state index is 0.308. The van der Waals surface area contributed by atoms with Crippen molar-refractivity contribution in [2.45, 2.75) is 6.92 Å². The number of ether oxygens (including phenoxy) is 1. The average molecular weight is 329 g/mol. The predicted molar refractivity (Wildman–Crippen MR) is 87.6 cm³/mol. The van der Waals surface area contributed by atoms with Gasteiger partial charge in [0.05, 0.1) is 18.9 Å². The number of nitro groups is 1. The highest BCUT2D eigenvalue weighted by Crippen LogP contribution is 2.17. The summed E-state index contributed by atoms with van der Waals surface area (Å²) >= 11 is 6.32. The molecular formula is C12H15N3O4S2. The number of hydrazone groups is 1. The molecule has 1 rings (SSSR count). The Hall–Kier alpha value is -1.71. The van der Waals surface area contributed by atoms with Gasteiger partial charge in [-0.1, -0.05) is 24.0 Å². The Labute approximate surface area is 131 Å². The van der Waals surface area contributed by atoms with Gasteiger partial charge in [0.2, 0.25) is 0 Å². The summed E-state index contributed by atoms with van der Waals surface area (Å²) in [6.45, 7) is 2.72. The standard InChI is InChI=1S/C12H15N3O4S2/c1-3-18-8-9(7-13-14-12(20)21-2)6-10-4-5-11(19-10)15(16)17/h4-7H,3,8H2,1-2H3,(H,14,20)/b9-6-,13-7+. The van der Waals surface area contributed by atoms with E-state index in [9.17, 15) is 10.1 Å². The molecule has 1 heterocycles. The molecule has 0 spiro atoms. The van der Waals surface area contributed by atoms with E-state index in [1.165, 1.54) is 30.1 Å². The smallest absolute Gasteiger partial charge is 0.401 e.